The zero-order chi connectivity index (χ0) is 19.8. The van der Waals surface area contributed by atoms with Gasteiger partial charge >= 0.3 is 5.97 Å². The Bertz CT molecular complexity index is 842. The molecule has 148 valence electrons. The van der Waals surface area contributed by atoms with Crippen LogP contribution in [0.3, 0.4) is 0 Å². The van der Waals surface area contributed by atoms with Crippen molar-refractivity contribution >= 4 is 21.9 Å². The number of rotatable bonds is 6. The molecule has 1 aliphatic carbocycles. The summed E-state index contributed by atoms with van der Waals surface area (Å²) in [5.41, 5.74) is 0.897. The Morgan fingerprint density at radius 2 is 1.81 bits per heavy atom. The van der Waals surface area contributed by atoms with Gasteiger partial charge < -0.3 is 10.0 Å². The van der Waals surface area contributed by atoms with Gasteiger partial charge in [-0.1, -0.05) is 12.5 Å². The van der Waals surface area contributed by atoms with Crippen molar-refractivity contribution in [2.75, 3.05) is 13.1 Å². The Morgan fingerprint density at radius 1 is 1.19 bits per heavy atom. The van der Waals surface area contributed by atoms with Crippen LogP contribution in [0.15, 0.2) is 23.1 Å². The highest BCUT2D eigenvalue weighted by Crippen LogP contribution is 2.31. The Labute approximate surface area is 160 Å². The molecule has 2 fully saturated rings. The van der Waals surface area contributed by atoms with Crippen molar-refractivity contribution in [3.05, 3.63) is 29.3 Å². The van der Waals surface area contributed by atoms with Crippen molar-refractivity contribution in [1.29, 1.82) is 0 Å². The number of aryl methyl sites for hydroxylation is 1. The molecule has 1 saturated carbocycles. The number of carbonyl (C=O) groups excluding carboxylic acids is 1. The van der Waals surface area contributed by atoms with E-state index in [1.54, 1.807) is 13.0 Å². The Balaban J connectivity index is 1.95. The zero-order valence-corrected chi connectivity index (χ0v) is 16.5. The number of nitrogens with zero attached hydrogens (tertiary/aromatic N) is 2. The summed E-state index contributed by atoms with van der Waals surface area (Å²) in [6.45, 7) is 4.21. The Morgan fingerprint density at radius 3 is 2.37 bits per heavy atom. The number of aliphatic carboxylic acids is 1. The molecular formula is C19H26N2O5S. The predicted molar refractivity (Wildman–Crippen MR) is 100 cm³/mol. The fraction of sp³-hybridized carbons (Fsp3) is 0.579. The number of hydrogen-bond acceptors (Lipinski definition) is 4. The number of piperidine rings is 1. The van der Waals surface area contributed by atoms with Crippen LogP contribution in [0, 0.1) is 6.92 Å². The highest BCUT2D eigenvalue weighted by atomic mass is 32.2. The van der Waals surface area contributed by atoms with Gasteiger partial charge in [0.2, 0.25) is 10.0 Å². The van der Waals surface area contributed by atoms with Gasteiger partial charge in [0.15, 0.2) is 0 Å². The number of benzene rings is 1. The van der Waals surface area contributed by atoms with Crippen molar-refractivity contribution in [3.63, 3.8) is 0 Å². The van der Waals surface area contributed by atoms with Crippen LogP contribution < -0.4 is 0 Å². The molecule has 0 radical (unpaired) electrons. The summed E-state index contributed by atoms with van der Waals surface area (Å²) >= 11 is 0. The van der Waals surface area contributed by atoms with E-state index in [4.69, 9.17) is 0 Å². The maximum absolute atomic E-state index is 13.1. The lowest BCUT2D eigenvalue weighted by atomic mass is 10.1. The average molecular weight is 394 g/mol. The van der Waals surface area contributed by atoms with Crippen LogP contribution in [-0.4, -0.2) is 59.8 Å². The number of carboxylic acid groups (broad SMARTS) is 1. The largest absolute Gasteiger partial charge is 0.480 e. The average Bonchev–Trinajstić information content (AvgIpc) is 3.47. The van der Waals surface area contributed by atoms with E-state index in [-0.39, 0.29) is 16.5 Å². The van der Waals surface area contributed by atoms with Crippen molar-refractivity contribution in [1.82, 2.24) is 9.21 Å². The standard InChI is InChI=1S/C19H26N2O5S/c1-13-6-9-16(27(25,26)20-10-4-3-5-11-20)12-17(13)18(22)21(15-7-8-15)14(2)19(23)24/h6,9,12,14-15H,3-5,7-8,10-11H2,1-2H3,(H,23,24). The molecular weight excluding hydrogens is 368 g/mol. The molecule has 1 aromatic rings. The van der Waals surface area contributed by atoms with E-state index >= 15 is 0 Å². The van der Waals surface area contributed by atoms with Crippen LogP contribution >= 0.6 is 0 Å². The van der Waals surface area contributed by atoms with Gasteiger partial charge in [-0.05, 0) is 57.2 Å². The normalized spacial score (nSPS) is 19.5. The summed E-state index contributed by atoms with van der Waals surface area (Å²) in [6, 6.07) is 3.52. The first-order valence-electron chi connectivity index (χ1n) is 9.39. The molecule has 1 unspecified atom stereocenters. The summed E-state index contributed by atoms with van der Waals surface area (Å²) < 4.78 is 27.3. The maximum atomic E-state index is 13.1. The maximum Gasteiger partial charge on any atom is 0.326 e. The predicted octanol–water partition coefficient (Wildman–Crippen LogP) is 2.25. The van der Waals surface area contributed by atoms with Gasteiger partial charge in [-0.3, -0.25) is 4.79 Å². The quantitative estimate of drug-likeness (QED) is 0.798. The van der Waals surface area contributed by atoms with Crippen LogP contribution in [0.4, 0.5) is 0 Å². The molecule has 1 saturated heterocycles. The summed E-state index contributed by atoms with van der Waals surface area (Å²) in [5, 5.41) is 9.35. The molecule has 1 amide bonds. The molecule has 1 aromatic carbocycles. The highest BCUT2D eigenvalue weighted by Gasteiger charge is 2.39. The van der Waals surface area contributed by atoms with E-state index in [0.29, 0.717) is 18.7 Å². The molecule has 0 spiro atoms. The fourth-order valence-corrected chi connectivity index (χ4v) is 5.06. The van der Waals surface area contributed by atoms with Crippen LogP contribution in [0.1, 0.15) is 54.9 Å². The molecule has 1 N–H and O–H groups in total. The molecule has 2 aliphatic rings. The van der Waals surface area contributed by atoms with Gasteiger partial charge in [0.05, 0.1) is 4.90 Å². The van der Waals surface area contributed by atoms with Gasteiger partial charge in [-0.15, -0.1) is 0 Å². The molecule has 8 heteroatoms. The molecule has 27 heavy (non-hydrogen) atoms. The van der Waals surface area contributed by atoms with E-state index in [9.17, 15) is 23.1 Å². The fourth-order valence-electron chi connectivity index (χ4n) is 3.52. The SMILES string of the molecule is Cc1ccc(S(=O)(=O)N2CCCCC2)cc1C(=O)N(C1CC1)C(C)C(=O)O. The lowest BCUT2D eigenvalue weighted by molar-refractivity contribution is -0.141. The van der Waals surface area contributed by atoms with Crippen LogP contribution in [0.25, 0.3) is 0 Å². The minimum Gasteiger partial charge on any atom is -0.480 e. The van der Waals surface area contributed by atoms with E-state index in [1.165, 1.54) is 28.3 Å². The van der Waals surface area contributed by atoms with E-state index < -0.39 is 27.9 Å². The monoisotopic (exact) mass is 394 g/mol. The lowest BCUT2D eigenvalue weighted by Gasteiger charge is -2.28. The van der Waals surface area contributed by atoms with Crippen LogP contribution in [-0.2, 0) is 14.8 Å². The third kappa shape index (κ3) is 4.01. The summed E-state index contributed by atoms with van der Waals surface area (Å²) in [6.07, 6.45) is 4.24. The van der Waals surface area contributed by atoms with E-state index in [2.05, 4.69) is 0 Å². The van der Waals surface area contributed by atoms with Crippen LogP contribution in [0.2, 0.25) is 0 Å². The number of sulfonamides is 1. The molecule has 1 atom stereocenters. The van der Waals surface area contributed by atoms with E-state index in [1.807, 2.05) is 0 Å². The molecule has 7 nitrogen and oxygen atoms in total. The van der Waals surface area contributed by atoms with Gasteiger partial charge in [-0.25, -0.2) is 13.2 Å². The molecule has 0 bridgehead atoms. The molecule has 3 rings (SSSR count). The van der Waals surface area contributed by atoms with Crippen molar-refractivity contribution in [2.45, 2.75) is 62.9 Å². The van der Waals surface area contributed by atoms with Gasteiger partial charge in [0.1, 0.15) is 6.04 Å². The smallest absolute Gasteiger partial charge is 0.326 e. The van der Waals surface area contributed by atoms with Gasteiger partial charge in [0, 0.05) is 24.7 Å². The van der Waals surface area contributed by atoms with Gasteiger partial charge in [-0.2, -0.15) is 4.31 Å². The third-order valence-corrected chi connectivity index (χ3v) is 7.24. The second-order valence-corrected chi connectivity index (χ2v) is 9.34. The zero-order valence-electron chi connectivity index (χ0n) is 15.7. The number of amides is 1. The van der Waals surface area contributed by atoms with Gasteiger partial charge in [0.25, 0.3) is 5.91 Å². The first kappa shape index (κ1) is 19.8. The Kier molecular flexibility index (Phi) is 5.58. The molecule has 1 heterocycles. The third-order valence-electron chi connectivity index (χ3n) is 5.34. The topological polar surface area (TPSA) is 95.0 Å². The van der Waals surface area contributed by atoms with Crippen molar-refractivity contribution in [2.24, 2.45) is 0 Å². The van der Waals surface area contributed by atoms with Crippen molar-refractivity contribution < 1.29 is 23.1 Å². The second-order valence-electron chi connectivity index (χ2n) is 7.40. The first-order valence-corrected chi connectivity index (χ1v) is 10.8. The summed E-state index contributed by atoms with van der Waals surface area (Å²) in [7, 11) is -3.66. The molecule has 0 aromatic heterocycles. The van der Waals surface area contributed by atoms with Crippen molar-refractivity contribution in [3.8, 4) is 0 Å². The minimum atomic E-state index is -3.66. The Hall–Kier alpha value is -1.93. The highest BCUT2D eigenvalue weighted by molar-refractivity contribution is 7.89. The minimum absolute atomic E-state index is 0.0923. The molecule has 1 aliphatic heterocycles. The number of carboxylic acids is 1. The van der Waals surface area contributed by atoms with E-state index in [0.717, 1.165) is 32.1 Å². The summed E-state index contributed by atoms with van der Waals surface area (Å²) in [4.78, 5) is 26.0. The number of hydrogen-bond donors (Lipinski definition) is 1. The first-order chi connectivity index (χ1) is 12.7. The number of carbonyl (C=O) groups is 2. The lowest BCUT2D eigenvalue weighted by Crippen LogP contribution is -2.45. The van der Waals surface area contributed by atoms with Crippen LogP contribution in [0.5, 0.6) is 0 Å². The second kappa shape index (κ2) is 7.59. The summed E-state index contributed by atoms with van der Waals surface area (Å²) in [5.74, 6) is -1.48.